The van der Waals surface area contributed by atoms with Gasteiger partial charge in [0.2, 0.25) is 0 Å². The number of piperidine rings is 1. The largest absolute Gasteiger partial charge is 0.342 e. The van der Waals surface area contributed by atoms with Crippen LogP contribution < -0.4 is 5.32 Å². The molecule has 1 aromatic carbocycles. The number of rotatable bonds is 4. The molecule has 0 radical (unpaired) electrons. The van der Waals surface area contributed by atoms with Crippen LogP contribution in [-0.2, 0) is 6.54 Å². The predicted molar refractivity (Wildman–Crippen MR) is 108 cm³/mol. The summed E-state index contributed by atoms with van der Waals surface area (Å²) in [6, 6.07) is 5.87. The Hall–Kier alpha value is -2.44. The highest BCUT2D eigenvalue weighted by molar-refractivity contribution is 6.31. The minimum absolute atomic E-state index is 0.696. The maximum Gasteiger partial charge on any atom is 0.177 e. The first-order valence-corrected chi connectivity index (χ1v) is 9.82. The summed E-state index contributed by atoms with van der Waals surface area (Å²) in [5.41, 5.74) is 2.89. The van der Waals surface area contributed by atoms with E-state index in [1.807, 2.05) is 30.6 Å². The van der Waals surface area contributed by atoms with Gasteiger partial charge < -0.3 is 14.9 Å². The second kappa shape index (κ2) is 6.94. The van der Waals surface area contributed by atoms with E-state index in [0.29, 0.717) is 5.02 Å². The van der Waals surface area contributed by atoms with Crippen LogP contribution in [0.15, 0.2) is 36.8 Å². The third kappa shape index (κ3) is 3.09. The molecule has 0 spiro atoms. The quantitative estimate of drug-likeness (QED) is 0.561. The van der Waals surface area contributed by atoms with E-state index in [1.165, 1.54) is 12.8 Å². The number of nitrogens with one attached hydrogen (secondary N) is 2. The molecule has 138 valence electrons. The predicted octanol–water partition coefficient (Wildman–Crippen LogP) is 4.02. The molecule has 3 aromatic heterocycles. The number of hydrogen-bond donors (Lipinski definition) is 2. The maximum absolute atomic E-state index is 6.18. The van der Waals surface area contributed by atoms with Crippen molar-refractivity contribution in [2.24, 2.45) is 5.92 Å². The number of H-pyrrole nitrogens is 1. The summed E-state index contributed by atoms with van der Waals surface area (Å²) < 4.78 is 2.30. The van der Waals surface area contributed by atoms with E-state index in [0.717, 1.165) is 65.6 Å². The molecule has 27 heavy (non-hydrogen) atoms. The van der Waals surface area contributed by atoms with Crippen molar-refractivity contribution in [3.63, 3.8) is 0 Å². The average molecular weight is 381 g/mol. The molecule has 0 atom stereocenters. The van der Waals surface area contributed by atoms with Crippen LogP contribution in [0.2, 0.25) is 5.02 Å². The van der Waals surface area contributed by atoms with Gasteiger partial charge in [-0.3, -0.25) is 4.98 Å². The Balaban J connectivity index is 1.65. The summed E-state index contributed by atoms with van der Waals surface area (Å²) in [5, 5.41) is 5.22. The number of imidazole rings is 2. The Morgan fingerprint density at radius 2 is 2.04 bits per heavy atom. The van der Waals surface area contributed by atoms with Gasteiger partial charge in [-0.2, -0.15) is 0 Å². The lowest BCUT2D eigenvalue weighted by atomic mass is 9.94. The summed E-state index contributed by atoms with van der Waals surface area (Å²) >= 11 is 6.18. The van der Waals surface area contributed by atoms with E-state index in [2.05, 4.69) is 24.8 Å². The standard InChI is InChI=1S/C20H21ClN6/c21-14-1-2-15-16(11-14)25-12-17-18(15)27(10-5-13-3-6-22-7-4-13)20(26-17)19-23-8-9-24-19/h1-2,8-9,11-13,22H,3-7,10H2,(H,23,24). The van der Waals surface area contributed by atoms with Crippen molar-refractivity contribution >= 4 is 33.5 Å². The Morgan fingerprint density at radius 1 is 1.15 bits per heavy atom. The monoisotopic (exact) mass is 380 g/mol. The fraction of sp³-hybridized carbons (Fsp3) is 0.350. The summed E-state index contributed by atoms with van der Waals surface area (Å²) in [7, 11) is 0. The van der Waals surface area contributed by atoms with Crippen LogP contribution in [0.1, 0.15) is 19.3 Å². The van der Waals surface area contributed by atoms with E-state index in [9.17, 15) is 0 Å². The lowest BCUT2D eigenvalue weighted by molar-refractivity contribution is 0.340. The first-order valence-electron chi connectivity index (χ1n) is 9.44. The summed E-state index contributed by atoms with van der Waals surface area (Å²) in [6.45, 7) is 3.15. The molecule has 0 saturated carbocycles. The number of fused-ring (bicyclic) bond motifs is 3. The van der Waals surface area contributed by atoms with E-state index >= 15 is 0 Å². The van der Waals surface area contributed by atoms with Crippen LogP contribution in [0.5, 0.6) is 0 Å². The molecule has 2 N–H and O–H groups in total. The molecular formula is C20H21ClN6. The molecule has 7 heteroatoms. The Morgan fingerprint density at radius 3 is 2.85 bits per heavy atom. The normalized spacial score (nSPS) is 15.7. The Kier molecular flexibility index (Phi) is 4.30. The zero-order valence-corrected chi connectivity index (χ0v) is 15.7. The van der Waals surface area contributed by atoms with Gasteiger partial charge in [0.05, 0.1) is 17.2 Å². The third-order valence-corrected chi connectivity index (χ3v) is 5.70. The average Bonchev–Trinajstić information content (AvgIpc) is 3.34. The molecule has 1 saturated heterocycles. The second-order valence-electron chi connectivity index (χ2n) is 7.16. The summed E-state index contributed by atoms with van der Waals surface area (Å²) in [6.07, 6.45) is 9.05. The topological polar surface area (TPSA) is 71.4 Å². The molecule has 0 amide bonds. The number of halogens is 1. The summed E-state index contributed by atoms with van der Waals surface area (Å²) in [5.74, 6) is 2.41. The molecule has 0 aliphatic carbocycles. The van der Waals surface area contributed by atoms with Crippen LogP contribution in [-0.4, -0.2) is 37.6 Å². The number of aromatic amines is 1. The van der Waals surface area contributed by atoms with E-state index < -0.39 is 0 Å². The van der Waals surface area contributed by atoms with Crippen LogP contribution in [0.3, 0.4) is 0 Å². The third-order valence-electron chi connectivity index (χ3n) is 5.47. The van der Waals surface area contributed by atoms with E-state index in [1.54, 1.807) is 6.20 Å². The zero-order chi connectivity index (χ0) is 18.2. The van der Waals surface area contributed by atoms with Crippen molar-refractivity contribution in [2.75, 3.05) is 13.1 Å². The van der Waals surface area contributed by atoms with Crippen molar-refractivity contribution in [3.05, 3.63) is 41.8 Å². The lowest BCUT2D eigenvalue weighted by Crippen LogP contribution is -2.28. The highest BCUT2D eigenvalue weighted by Gasteiger charge is 2.19. The van der Waals surface area contributed by atoms with Gasteiger partial charge in [-0.1, -0.05) is 11.6 Å². The molecule has 1 aliphatic heterocycles. The number of benzene rings is 1. The fourth-order valence-electron chi connectivity index (χ4n) is 4.06. The summed E-state index contributed by atoms with van der Waals surface area (Å²) in [4.78, 5) is 17.1. The smallest absolute Gasteiger partial charge is 0.177 e. The van der Waals surface area contributed by atoms with Gasteiger partial charge in [-0.25, -0.2) is 9.97 Å². The molecule has 1 fully saturated rings. The Bertz CT molecular complexity index is 1080. The van der Waals surface area contributed by atoms with Crippen LogP contribution in [0.4, 0.5) is 0 Å². The van der Waals surface area contributed by atoms with Gasteiger partial charge in [0.1, 0.15) is 5.52 Å². The minimum atomic E-state index is 0.696. The second-order valence-corrected chi connectivity index (χ2v) is 7.60. The minimum Gasteiger partial charge on any atom is -0.342 e. The van der Waals surface area contributed by atoms with Gasteiger partial charge in [0.25, 0.3) is 0 Å². The van der Waals surface area contributed by atoms with Crippen LogP contribution in [0.25, 0.3) is 33.6 Å². The number of nitrogens with zero attached hydrogens (tertiary/aromatic N) is 4. The molecule has 4 aromatic rings. The lowest BCUT2D eigenvalue weighted by Gasteiger charge is -2.23. The number of pyridine rings is 1. The molecule has 6 nitrogen and oxygen atoms in total. The molecule has 1 aliphatic rings. The van der Waals surface area contributed by atoms with Gasteiger partial charge in [0, 0.05) is 29.3 Å². The van der Waals surface area contributed by atoms with Gasteiger partial charge >= 0.3 is 0 Å². The first kappa shape index (κ1) is 16.7. The maximum atomic E-state index is 6.18. The van der Waals surface area contributed by atoms with Gasteiger partial charge in [-0.15, -0.1) is 0 Å². The first-order chi connectivity index (χ1) is 13.3. The number of aryl methyl sites for hydroxylation is 1. The van der Waals surface area contributed by atoms with Gasteiger partial charge in [-0.05, 0) is 56.5 Å². The highest BCUT2D eigenvalue weighted by Crippen LogP contribution is 2.30. The SMILES string of the molecule is Clc1ccc2c(c1)ncc1nc(-c3ncc[nH]3)n(CCC3CCNCC3)c12. The van der Waals surface area contributed by atoms with Crippen molar-refractivity contribution in [1.29, 1.82) is 0 Å². The van der Waals surface area contributed by atoms with Gasteiger partial charge in [0.15, 0.2) is 11.6 Å². The van der Waals surface area contributed by atoms with Crippen LogP contribution >= 0.6 is 11.6 Å². The van der Waals surface area contributed by atoms with E-state index in [-0.39, 0.29) is 0 Å². The molecule has 4 heterocycles. The van der Waals surface area contributed by atoms with Crippen LogP contribution in [0, 0.1) is 5.92 Å². The fourth-order valence-corrected chi connectivity index (χ4v) is 4.22. The number of aromatic nitrogens is 5. The number of hydrogen-bond acceptors (Lipinski definition) is 4. The highest BCUT2D eigenvalue weighted by atomic mass is 35.5. The molecule has 0 bridgehead atoms. The Labute approximate surface area is 162 Å². The zero-order valence-electron chi connectivity index (χ0n) is 15.0. The van der Waals surface area contributed by atoms with Crippen molar-refractivity contribution < 1.29 is 0 Å². The molecular weight excluding hydrogens is 360 g/mol. The van der Waals surface area contributed by atoms with Crippen molar-refractivity contribution in [1.82, 2.24) is 29.8 Å². The molecule has 0 unspecified atom stereocenters. The van der Waals surface area contributed by atoms with Crippen molar-refractivity contribution in [2.45, 2.75) is 25.8 Å². The van der Waals surface area contributed by atoms with Crippen molar-refractivity contribution in [3.8, 4) is 11.6 Å². The van der Waals surface area contributed by atoms with E-state index in [4.69, 9.17) is 16.6 Å². The molecule has 5 rings (SSSR count).